The van der Waals surface area contributed by atoms with Gasteiger partial charge in [0.15, 0.2) is 0 Å². The van der Waals surface area contributed by atoms with Crippen LogP contribution in [0.2, 0.25) is 0 Å². The predicted molar refractivity (Wildman–Crippen MR) is 81.7 cm³/mol. The number of sulfonamides is 1. The van der Waals surface area contributed by atoms with Gasteiger partial charge in [-0.15, -0.1) is 23.7 Å². The number of hydrogen-bond donors (Lipinski definition) is 2. The van der Waals surface area contributed by atoms with Gasteiger partial charge in [-0.1, -0.05) is 0 Å². The first-order valence-electron chi connectivity index (χ1n) is 6.35. The monoisotopic (exact) mass is 324 g/mol. The first kappa shape index (κ1) is 16.9. The Morgan fingerprint density at radius 1 is 1.47 bits per heavy atom. The summed E-state index contributed by atoms with van der Waals surface area (Å²) in [7, 11) is -3.29. The van der Waals surface area contributed by atoms with Crippen molar-refractivity contribution in [1.29, 1.82) is 0 Å². The fourth-order valence-corrected chi connectivity index (χ4v) is 4.57. The van der Waals surface area contributed by atoms with Crippen LogP contribution in [0.4, 0.5) is 0 Å². The van der Waals surface area contributed by atoms with Gasteiger partial charge in [0, 0.05) is 11.4 Å². The number of hydrogen-bond acceptors (Lipinski definition) is 4. The summed E-state index contributed by atoms with van der Waals surface area (Å²) in [6.07, 6.45) is 3.31. The molecular formula is C12H21ClN2O2S2. The highest BCUT2D eigenvalue weighted by Crippen LogP contribution is 2.20. The van der Waals surface area contributed by atoms with E-state index in [2.05, 4.69) is 10.0 Å². The van der Waals surface area contributed by atoms with Crippen LogP contribution in [-0.2, 0) is 10.0 Å². The largest absolute Gasteiger partial charge is 0.316 e. The van der Waals surface area contributed by atoms with Gasteiger partial charge in [0.2, 0.25) is 10.0 Å². The second-order valence-electron chi connectivity index (χ2n) is 4.76. The molecule has 0 saturated carbocycles. The molecule has 2 rings (SSSR count). The molecular weight excluding hydrogens is 304 g/mol. The molecule has 0 amide bonds. The lowest BCUT2D eigenvalue weighted by Crippen LogP contribution is -2.33. The lowest BCUT2D eigenvalue weighted by Gasteiger charge is -2.22. The molecule has 2 heterocycles. The number of aryl methyl sites for hydroxylation is 1. The molecule has 1 aliphatic rings. The summed E-state index contributed by atoms with van der Waals surface area (Å²) in [6.45, 7) is 4.56. The van der Waals surface area contributed by atoms with Gasteiger partial charge >= 0.3 is 0 Å². The lowest BCUT2D eigenvalue weighted by atomic mass is 9.96. The van der Waals surface area contributed by atoms with Crippen LogP contribution in [0.25, 0.3) is 0 Å². The molecule has 7 heteroatoms. The van der Waals surface area contributed by atoms with Crippen LogP contribution in [0.5, 0.6) is 0 Å². The van der Waals surface area contributed by atoms with E-state index in [4.69, 9.17) is 0 Å². The molecule has 1 unspecified atom stereocenters. The summed E-state index contributed by atoms with van der Waals surface area (Å²) in [5, 5.41) is 3.34. The van der Waals surface area contributed by atoms with Crippen LogP contribution in [0, 0.1) is 12.8 Å². The number of halogens is 1. The normalized spacial score (nSPS) is 19.9. The standard InChI is InChI=1S/C12H20N2O2S2.ClH/c1-10-4-5-12(17-10)18(15,16)14-8-6-11-3-2-7-13-9-11;/h4-5,11,13-14H,2-3,6-9H2,1H3;1H. The molecule has 1 aliphatic heterocycles. The second-order valence-corrected chi connectivity index (χ2v) is 8.05. The average Bonchev–Trinajstić information content (AvgIpc) is 2.78. The molecule has 1 aromatic rings. The summed E-state index contributed by atoms with van der Waals surface area (Å²) < 4.78 is 27.1. The minimum absolute atomic E-state index is 0. The third kappa shape index (κ3) is 5.04. The summed E-state index contributed by atoms with van der Waals surface area (Å²) in [6, 6.07) is 3.51. The van der Waals surface area contributed by atoms with Gasteiger partial charge in [-0.25, -0.2) is 13.1 Å². The van der Waals surface area contributed by atoms with Crippen molar-refractivity contribution in [2.24, 2.45) is 5.92 Å². The fraction of sp³-hybridized carbons (Fsp3) is 0.667. The molecule has 19 heavy (non-hydrogen) atoms. The summed E-state index contributed by atoms with van der Waals surface area (Å²) in [5.74, 6) is 0.603. The molecule has 0 spiro atoms. The Labute approximate surface area is 125 Å². The first-order chi connectivity index (χ1) is 8.58. The van der Waals surface area contributed by atoms with E-state index < -0.39 is 10.0 Å². The SMILES string of the molecule is Cc1ccc(S(=O)(=O)NCCC2CCCNC2)s1.Cl. The zero-order valence-corrected chi connectivity index (χ0v) is 13.5. The molecule has 110 valence electrons. The zero-order chi connectivity index (χ0) is 13.0. The van der Waals surface area contributed by atoms with E-state index in [1.807, 2.05) is 13.0 Å². The quantitative estimate of drug-likeness (QED) is 0.872. The van der Waals surface area contributed by atoms with Gasteiger partial charge in [0.05, 0.1) is 0 Å². The Kier molecular flexibility index (Phi) is 6.76. The van der Waals surface area contributed by atoms with E-state index in [9.17, 15) is 8.42 Å². The van der Waals surface area contributed by atoms with E-state index in [1.54, 1.807) is 6.07 Å². The maximum absolute atomic E-state index is 12.0. The average molecular weight is 325 g/mol. The molecule has 4 nitrogen and oxygen atoms in total. The molecule has 0 bridgehead atoms. The van der Waals surface area contributed by atoms with Crippen molar-refractivity contribution in [3.63, 3.8) is 0 Å². The van der Waals surface area contributed by atoms with Crippen LogP contribution in [0.3, 0.4) is 0 Å². The minimum Gasteiger partial charge on any atom is -0.316 e. The van der Waals surface area contributed by atoms with Crippen molar-refractivity contribution in [2.75, 3.05) is 19.6 Å². The Balaban J connectivity index is 0.00000180. The predicted octanol–water partition coefficient (Wildman–Crippen LogP) is 2.15. The molecule has 1 saturated heterocycles. The van der Waals surface area contributed by atoms with Crippen molar-refractivity contribution in [3.8, 4) is 0 Å². The number of rotatable bonds is 5. The summed E-state index contributed by atoms with van der Waals surface area (Å²) in [4.78, 5) is 1.02. The fourth-order valence-electron chi connectivity index (χ4n) is 2.20. The van der Waals surface area contributed by atoms with Crippen LogP contribution in [0.1, 0.15) is 24.1 Å². The van der Waals surface area contributed by atoms with Gasteiger partial charge in [-0.2, -0.15) is 0 Å². The number of piperidine rings is 1. The van der Waals surface area contributed by atoms with Crippen LogP contribution in [0.15, 0.2) is 16.3 Å². The first-order valence-corrected chi connectivity index (χ1v) is 8.65. The topological polar surface area (TPSA) is 58.2 Å². The number of thiophene rings is 1. The van der Waals surface area contributed by atoms with E-state index >= 15 is 0 Å². The minimum atomic E-state index is -3.29. The molecule has 1 fully saturated rings. The van der Waals surface area contributed by atoms with Crippen LogP contribution >= 0.6 is 23.7 Å². The molecule has 1 atom stereocenters. The Morgan fingerprint density at radius 2 is 2.26 bits per heavy atom. The van der Waals surface area contributed by atoms with E-state index in [0.29, 0.717) is 16.7 Å². The van der Waals surface area contributed by atoms with Crippen molar-refractivity contribution in [1.82, 2.24) is 10.0 Å². The highest BCUT2D eigenvalue weighted by Gasteiger charge is 2.17. The van der Waals surface area contributed by atoms with E-state index in [0.717, 1.165) is 24.4 Å². The van der Waals surface area contributed by atoms with Gasteiger partial charge in [-0.3, -0.25) is 0 Å². The van der Waals surface area contributed by atoms with Crippen molar-refractivity contribution in [3.05, 3.63) is 17.0 Å². The Morgan fingerprint density at radius 3 is 2.84 bits per heavy atom. The van der Waals surface area contributed by atoms with Gasteiger partial charge in [-0.05, 0) is 57.3 Å². The second kappa shape index (κ2) is 7.59. The molecule has 2 N–H and O–H groups in total. The van der Waals surface area contributed by atoms with Gasteiger partial charge < -0.3 is 5.32 Å². The maximum atomic E-state index is 12.0. The molecule has 0 aliphatic carbocycles. The highest BCUT2D eigenvalue weighted by molar-refractivity contribution is 7.91. The molecule has 0 aromatic carbocycles. The van der Waals surface area contributed by atoms with Crippen LogP contribution in [-0.4, -0.2) is 28.1 Å². The summed E-state index contributed by atoms with van der Waals surface area (Å²) >= 11 is 1.32. The van der Waals surface area contributed by atoms with E-state index in [1.165, 1.54) is 24.2 Å². The van der Waals surface area contributed by atoms with Crippen LogP contribution < -0.4 is 10.0 Å². The van der Waals surface area contributed by atoms with Gasteiger partial charge in [0.1, 0.15) is 4.21 Å². The highest BCUT2D eigenvalue weighted by atomic mass is 35.5. The Hall–Kier alpha value is -0.140. The molecule has 1 aromatic heterocycles. The maximum Gasteiger partial charge on any atom is 0.250 e. The smallest absolute Gasteiger partial charge is 0.250 e. The number of nitrogens with one attached hydrogen (secondary N) is 2. The zero-order valence-electron chi connectivity index (χ0n) is 11.0. The van der Waals surface area contributed by atoms with Gasteiger partial charge in [0.25, 0.3) is 0 Å². The lowest BCUT2D eigenvalue weighted by molar-refractivity contribution is 0.358. The van der Waals surface area contributed by atoms with Crippen molar-refractivity contribution in [2.45, 2.75) is 30.4 Å². The third-order valence-corrected chi connectivity index (χ3v) is 6.18. The summed E-state index contributed by atoms with van der Waals surface area (Å²) in [5.41, 5.74) is 0. The van der Waals surface area contributed by atoms with Crippen molar-refractivity contribution >= 4 is 33.8 Å². The van der Waals surface area contributed by atoms with E-state index in [-0.39, 0.29) is 12.4 Å². The Bertz CT molecular complexity index is 482. The van der Waals surface area contributed by atoms with Crippen molar-refractivity contribution < 1.29 is 8.42 Å². The molecule has 0 radical (unpaired) electrons. The third-order valence-electron chi connectivity index (χ3n) is 3.22.